The molecule has 114 valence electrons. The highest BCUT2D eigenvalue weighted by Gasteiger charge is 2.30. The first-order valence-corrected chi connectivity index (χ1v) is 8.41. The van der Waals surface area contributed by atoms with Gasteiger partial charge in [0, 0.05) is 25.9 Å². The summed E-state index contributed by atoms with van der Waals surface area (Å²) < 4.78 is 2.19. The lowest BCUT2D eigenvalue weighted by Crippen LogP contribution is -2.34. The summed E-state index contributed by atoms with van der Waals surface area (Å²) in [6, 6.07) is 0. The summed E-state index contributed by atoms with van der Waals surface area (Å²) in [6.45, 7) is 6.80. The zero-order valence-corrected chi connectivity index (χ0v) is 13.4. The number of nitrogens with one attached hydrogen (secondary N) is 1. The summed E-state index contributed by atoms with van der Waals surface area (Å²) in [5.41, 5.74) is 0. The number of hydrogen-bond donors (Lipinski definition) is 1. The normalized spacial score (nSPS) is 26.9. The average molecular weight is 277 g/mol. The van der Waals surface area contributed by atoms with Crippen molar-refractivity contribution in [3.8, 4) is 0 Å². The molecule has 0 amide bonds. The molecule has 1 aromatic rings. The molecule has 1 aliphatic rings. The third kappa shape index (κ3) is 4.08. The quantitative estimate of drug-likeness (QED) is 0.828. The molecule has 0 bridgehead atoms. The Morgan fingerprint density at radius 3 is 2.80 bits per heavy atom. The van der Waals surface area contributed by atoms with E-state index in [2.05, 4.69) is 42.0 Å². The number of rotatable bonds is 7. The molecule has 0 spiro atoms. The average Bonchev–Trinajstić information content (AvgIpc) is 2.84. The first-order valence-electron chi connectivity index (χ1n) is 8.41. The van der Waals surface area contributed by atoms with Crippen LogP contribution in [-0.2, 0) is 13.5 Å². The SMILES string of the molecule is CCCC1CCC(CNCC)C(Cc2nccn2C)C1. The Kier molecular flexibility index (Phi) is 6.08. The van der Waals surface area contributed by atoms with Gasteiger partial charge < -0.3 is 9.88 Å². The molecule has 1 saturated carbocycles. The molecule has 3 nitrogen and oxygen atoms in total. The third-order valence-corrected chi connectivity index (χ3v) is 4.97. The van der Waals surface area contributed by atoms with Crippen LogP contribution in [0.15, 0.2) is 12.4 Å². The van der Waals surface area contributed by atoms with Crippen LogP contribution in [0, 0.1) is 17.8 Å². The smallest absolute Gasteiger partial charge is 0.108 e. The van der Waals surface area contributed by atoms with Gasteiger partial charge in [-0.2, -0.15) is 0 Å². The van der Waals surface area contributed by atoms with Crippen molar-refractivity contribution < 1.29 is 0 Å². The molecule has 3 atom stereocenters. The monoisotopic (exact) mass is 277 g/mol. The molecule has 1 aliphatic carbocycles. The van der Waals surface area contributed by atoms with Crippen molar-refractivity contribution in [3.63, 3.8) is 0 Å². The molecule has 3 heteroatoms. The fourth-order valence-electron chi connectivity index (χ4n) is 3.77. The topological polar surface area (TPSA) is 29.9 Å². The van der Waals surface area contributed by atoms with Crippen LogP contribution in [0.25, 0.3) is 0 Å². The fraction of sp³-hybridized carbons (Fsp3) is 0.824. The van der Waals surface area contributed by atoms with E-state index >= 15 is 0 Å². The summed E-state index contributed by atoms with van der Waals surface area (Å²) in [5.74, 6) is 3.84. The minimum atomic E-state index is 0.806. The second kappa shape index (κ2) is 7.82. The summed E-state index contributed by atoms with van der Waals surface area (Å²) in [6.07, 6.45) is 12.1. The van der Waals surface area contributed by atoms with Crippen molar-refractivity contribution in [2.24, 2.45) is 24.8 Å². The van der Waals surface area contributed by atoms with Crippen LogP contribution < -0.4 is 5.32 Å². The maximum absolute atomic E-state index is 4.54. The molecule has 1 fully saturated rings. The maximum atomic E-state index is 4.54. The van der Waals surface area contributed by atoms with Crippen LogP contribution in [-0.4, -0.2) is 22.6 Å². The zero-order chi connectivity index (χ0) is 14.4. The van der Waals surface area contributed by atoms with E-state index in [0.717, 1.165) is 30.7 Å². The first-order chi connectivity index (χ1) is 9.74. The highest BCUT2D eigenvalue weighted by atomic mass is 15.0. The predicted octanol–water partition coefficient (Wildman–Crippen LogP) is 3.40. The Morgan fingerprint density at radius 2 is 2.15 bits per heavy atom. The van der Waals surface area contributed by atoms with E-state index in [1.54, 1.807) is 0 Å². The molecular formula is C17H31N3. The van der Waals surface area contributed by atoms with E-state index in [0.29, 0.717) is 0 Å². The Morgan fingerprint density at radius 1 is 1.30 bits per heavy atom. The lowest BCUT2D eigenvalue weighted by Gasteiger charge is -2.36. The molecule has 0 aromatic carbocycles. The Hall–Kier alpha value is -0.830. The molecule has 1 N–H and O–H groups in total. The maximum Gasteiger partial charge on any atom is 0.108 e. The summed E-state index contributed by atoms with van der Waals surface area (Å²) >= 11 is 0. The molecule has 20 heavy (non-hydrogen) atoms. The third-order valence-electron chi connectivity index (χ3n) is 4.97. The van der Waals surface area contributed by atoms with Gasteiger partial charge in [-0.25, -0.2) is 4.98 Å². The van der Waals surface area contributed by atoms with Crippen LogP contribution >= 0.6 is 0 Å². The number of imidazole rings is 1. The Labute approximate surface area is 124 Å². The van der Waals surface area contributed by atoms with Crippen LogP contribution in [0.5, 0.6) is 0 Å². The summed E-state index contributed by atoms with van der Waals surface area (Å²) in [5, 5.41) is 3.56. The lowest BCUT2D eigenvalue weighted by atomic mass is 9.71. The van der Waals surface area contributed by atoms with Crippen molar-refractivity contribution >= 4 is 0 Å². The van der Waals surface area contributed by atoms with Gasteiger partial charge in [-0.1, -0.05) is 33.1 Å². The van der Waals surface area contributed by atoms with Gasteiger partial charge in [0.2, 0.25) is 0 Å². The molecule has 0 saturated heterocycles. The molecular weight excluding hydrogens is 246 g/mol. The van der Waals surface area contributed by atoms with Gasteiger partial charge in [0.25, 0.3) is 0 Å². The van der Waals surface area contributed by atoms with Crippen molar-refractivity contribution in [1.82, 2.24) is 14.9 Å². The second-order valence-corrected chi connectivity index (χ2v) is 6.45. The number of hydrogen-bond acceptors (Lipinski definition) is 2. The second-order valence-electron chi connectivity index (χ2n) is 6.45. The van der Waals surface area contributed by atoms with Crippen molar-refractivity contribution in [3.05, 3.63) is 18.2 Å². The van der Waals surface area contributed by atoms with E-state index < -0.39 is 0 Å². The van der Waals surface area contributed by atoms with Crippen LogP contribution in [0.4, 0.5) is 0 Å². The van der Waals surface area contributed by atoms with E-state index in [-0.39, 0.29) is 0 Å². The van der Waals surface area contributed by atoms with Gasteiger partial charge in [-0.3, -0.25) is 0 Å². The van der Waals surface area contributed by atoms with Crippen LogP contribution in [0.2, 0.25) is 0 Å². The van der Waals surface area contributed by atoms with Crippen molar-refractivity contribution in [2.45, 2.75) is 52.4 Å². The van der Waals surface area contributed by atoms with Gasteiger partial charge in [0.05, 0.1) is 0 Å². The highest BCUT2D eigenvalue weighted by molar-refractivity contribution is 4.95. The van der Waals surface area contributed by atoms with Crippen molar-refractivity contribution in [2.75, 3.05) is 13.1 Å². The van der Waals surface area contributed by atoms with Gasteiger partial charge in [0.1, 0.15) is 5.82 Å². The minimum Gasteiger partial charge on any atom is -0.338 e. The molecule has 2 rings (SSSR count). The zero-order valence-electron chi connectivity index (χ0n) is 13.4. The van der Waals surface area contributed by atoms with Crippen molar-refractivity contribution in [1.29, 1.82) is 0 Å². The fourth-order valence-corrected chi connectivity index (χ4v) is 3.77. The molecule has 0 radical (unpaired) electrons. The van der Waals surface area contributed by atoms with Gasteiger partial charge in [0.15, 0.2) is 0 Å². The predicted molar refractivity (Wildman–Crippen MR) is 84.7 cm³/mol. The Balaban J connectivity index is 1.99. The first kappa shape index (κ1) is 15.6. The Bertz CT molecular complexity index is 385. The van der Waals surface area contributed by atoms with E-state index in [1.165, 1.54) is 44.5 Å². The molecule has 1 aromatic heterocycles. The number of nitrogens with zero attached hydrogens (tertiary/aromatic N) is 2. The van der Waals surface area contributed by atoms with Crippen LogP contribution in [0.1, 0.15) is 51.8 Å². The van der Waals surface area contributed by atoms with E-state index in [1.807, 2.05) is 6.20 Å². The summed E-state index contributed by atoms with van der Waals surface area (Å²) in [4.78, 5) is 4.54. The van der Waals surface area contributed by atoms with Crippen LogP contribution in [0.3, 0.4) is 0 Å². The lowest BCUT2D eigenvalue weighted by molar-refractivity contribution is 0.165. The standard InChI is InChI=1S/C17H31N3/c1-4-6-14-7-8-15(13-18-5-2)16(11-14)12-17-19-9-10-20(17)3/h9-10,14-16,18H,4-8,11-13H2,1-3H3. The summed E-state index contributed by atoms with van der Waals surface area (Å²) in [7, 11) is 2.12. The number of aryl methyl sites for hydroxylation is 1. The number of aromatic nitrogens is 2. The van der Waals surface area contributed by atoms with Gasteiger partial charge in [-0.15, -0.1) is 0 Å². The molecule has 0 aliphatic heterocycles. The van der Waals surface area contributed by atoms with Gasteiger partial charge >= 0.3 is 0 Å². The highest BCUT2D eigenvalue weighted by Crippen LogP contribution is 2.37. The van der Waals surface area contributed by atoms with E-state index in [9.17, 15) is 0 Å². The van der Waals surface area contributed by atoms with E-state index in [4.69, 9.17) is 0 Å². The molecule has 1 heterocycles. The molecule has 3 unspecified atom stereocenters. The largest absolute Gasteiger partial charge is 0.338 e. The minimum absolute atomic E-state index is 0.806. The van der Waals surface area contributed by atoms with Gasteiger partial charge in [-0.05, 0) is 43.7 Å².